The van der Waals surface area contributed by atoms with Crippen LogP contribution in [0.4, 0.5) is 0 Å². The minimum Gasteiger partial charge on any atom is -0.339 e. The molecule has 2 heterocycles. The summed E-state index contributed by atoms with van der Waals surface area (Å²) in [5.41, 5.74) is 0.552. The van der Waals surface area contributed by atoms with Crippen LogP contribution in [0.1, 0.15) is 27.2 Å². The van der Waals surface area contributed by atoms with Crippen LogP contribution in [-0.4, -0.2) is 55.3 Å². The minimum absolute atomic E-state index is 0.0259. The Balaban J connectivity index is 2.13. The number of likely N-dealkylation sites (N-methyl/N-ethyl adjacent to an activating group) is 1. The summed E-state index contributed by atoms with van der Waals surface area (Å²) < 4.78 is 26.7. The largest absolute Gasteiger partial charge is 0.339 e. The zero-order chi connectivity index (χ0) is 16.5. The molecule has 122 valence electrons. The number of hydrogen-bond acceptors (Lipinski definition) is 4. The van der Waals surface area contributed by atoms with Crippen molar-refractivity contribution in [3.63, 3.8) is 0 Å². The van der Waals surface area contributed by atoms with E-state index in [0.29, 0.717) is 23.9 Å². The fourth-order valence-corrected chi connectivity index (χ4v) is 3.54. The number of hydrogen-bond donors (Lipinski definition) is 0. The summed E-state index contributed by atoms with van der Waals surface area (Å²) in [6.07, 6.45) is 5.85. The maximum atomic E-state index is 12.5. The maximum Gasteiger partial charge on any atom is 0.256 e. The van der Waals surface area contributed by atoms with Crippen LogP contribution in [0, 0.1) is 5.92 Å². The highest BCUT2D eigenvalue weighted by Gasteiger charge is 2.26. The zero-order valence-corrected chi connectivity index (χ0v) is 14.3. The Morgan fingerprint density at radius 2 is 2.05 bits per heavy atom. The number of carbonyl (C=O) groups excluding carboxylic acids is 1. The van der Waals surface area contributed by atoms with Gasteiger partial charge in [0.15, 0.2) is 0 Å². The highest BCUT2D eigenvalue weighted by Crippen LogP contribution is 2.19. The SMILES string of the molecule is CC(C)CC(C)N(C)C(=O)C1=CN2CCS(=O)(=O)N=C2C=C1. The van der Waals surface area contributed by atoms with Gasteiger partial charge >= 0.3 is 0 Å². The van der Waals surface area contributed by atoms with Crippen molar-refractivity contribution in [2.45, 2.75) is 33.2 Å². The van der Waals surface area contributed by atoms with Crippen molar-refractivity contribution < 1.29 is 13.2 Å². The topological polar surface area (TPSA) is 70.1 Å². The van der Waals surface area contributed by atoms with Gasteiger partial charge in [0, 0.05) is 25.8 Å². The van der Waals surface area contributed by atoms with Crippen molar-refractivity contribution in [1.29, 1.82) is 0 Å². The van der Waals surface area contributed by atoms with E-state index < -0.39 is 10.0 Å². The molecule has 6 nitrogen and oxygen atoms in total. The van der Waals surface area contributed by atoms with E-state index in [1.165, 1.54) is 0 Å². The maximum absolute atomic E-state index is 12.5. The molecule has 7 heteroatoms. The minimum atomic E-state index is -3.36. The fraction of sp³-hybridized carbons (Fsp3) is 0.600. The number of carbonyl (C=O) groups is 1. The summed E-state index contributed by atoms with van der Waals surface area (Å²) >= 11 is 0. The first-order valence-corrected chi connectivity index (χ1v) is 9.07. The molecule has 0 saturated heterocycles. The van der Waals surface area contributed by atoms with E-state index in [2.05, 4.69) is 18.2 Å². The molecule has 0 bridgehead atoms. The third-order valence-electron chi connectivity index (χ3n) is 3.86. The number of amides is 1. The van der Waals surface area contributed by atoms with Crippen LogP contribution >= 0.6 is 0 Å². The molecule has 0 aromatic carbocycles. The van der Waals surface area contributed by atoms with Gasteiger partial charge in [-0.3, -0.25) is 4.79 Å². The van der Waals surface area contributed by atoms with E-state index >= 15 is 0 Å². The first-order chi connectivity index (χ1) is 10.2. The van der Waals surface area contributed by atoms with Crippen LogP contribution in [0.3, 0.4) is 0 Å². The van der Waals surface area contributed by atoms with E-state index in [1.54, 1.807) is 35.2 Å². The molecule has 0 saturated carbocycles. The number of nitrogens with zero attached hydrogens (tertiary/aromatic N) is 3. The molecule has 0 aromatic rings. The Morgan fingerprint density at radius 1 is 1.36 bits per heavy atom. The molecule has 0 radical (unpaired) electrons. The van der Waals surface area contributed by atoms with Gasteiger partial charge in [0.25, 0.3) is 15.9 Å². The summed E-state index contributed by atoms with van der Waals surface area (Å²) in [4.78, 5) is 16.0. The van der Waals surface area contributed by atoms with Gasteiger partial charge < -0.3 is 9.80 Å². The standard InChI is InChI=1S/C15H23N3O3S/c1-11(2)9-12(3)17(4)15(19)13-5-6-14-16-22(20,21)8-7-18(14)10-13/h5-6,10-12H,7-9H2,1-4H3. The Labute approximate surface area is 132 Å². The summed E-state index contributed by atoms with van der Waals surface area (Å²) in [5, 5.41) is 0. The average molecular weight is 325 g/mol. The molecule has 0 aliphatic carbocycles. The van der Waals surface area contributed by atoms with Crippen LogP contribution in [0.5, 0.6) is 0 Å². The van der Waals surface area contributed by atoms with Crippen LogP contribution < -0.4 is 0 Å². The van der Waals surface area contributed by atoms with Crippen LogP contribution in [0.2, 0.25) is 0 Å². The summed E-state index contributed by atoms with van der Waals surface area (Å²) in [6.45, 7) is 6.62. The van der Waals surface area contributed by atoms with Crippen molar-refractivity contribution >= 4 is 21.8 Å². The Morgan fingerprint density at radius 3 is 2.68 bits per heavy atom. The van der Waals surface area contributed by atoms with Crippen LogP contribution in [0.15, 0.2) is 28.3 Å². The van der Waals surface area contributed by atoms with Gasteiger partial charge in [0.05, 0.1) is 11.3 Å². The van der Waals surface area contributed by atoms with Gasteiger partial charge in [-0.2, -0.15) is 0 Å². The van der Waals surface area contributed by atoms with Crippen molar-refractivity contribution in [2.24, 2.45) is 10.3 Å². The molecular weight excluding hydrogens is 302 g/mol. The zero-order valence-electron chi connectivity index (χ0n) is 13.5. The van der Waals surface area contributed by atoms with Crippen molar-refractivity contribution in [3.8, 4) is 0 Å². The van der Waals surface area contributed by atoms with E-state index in [1.807, 2.05) is 6.92 Å². The lowest BCUT2D eigenvalue weighted by atomic mass is 10.0. The third-order valence-corrected chi connectivity index (χ3v) is 5.03. The van der Waals surface area contributed by atoms with E-state index in [0.717, 1.165) is 6.42 Å². The van der Waals surface area contributed by atoms with Crippen molar-refractivity contribution in [3.05, 3.63) is 23.9 Å². The highest BCUT2D eigenvalue weighted by molar-refractivity contribution is 7.90. The molecule has 0 aromatic heterocycles. The van der Waals surface area contributed by atoms with Gasteiger partial charge in [-0.1, -0.05) is 13.8 Å². The summed E-state index contributed by atoms with van der Waals surface area (Å²) in [5.74, 6) is 0.812. The first kappa shape index (κ1) is 16.7. The molecule has 2 aliphatic rings. The molecule has 1 unspecified atom stereocenters. The lowest BCUT2D eigenvalue weighted by molar-refractivity contribution is -0.127. The van der Waals surface area contributed by atoms with Gasteiger partial charge in [0.2, 0.25) is 0 Å². The third kappa shape index (κ3) is 3.76. The van der Waals surface area contributed by atoms with E-state index in [-0.39, 0.29) is 17.7 Å². The monoisotopic (exact) mass is 325 g/mol. The quantitative estimate of drug-likeness (QED) is 0.783. The second-order valence-electron chi connectivity index (χ2n) is 6.24. The van der Waals surface area contributed by atoms with E-state index in [9.17, 15) is 13.2 Å². The molecule has 0 N–H and O–H groups in total. The Bertz CT molecular complexity index is 647. The summed E-state index contributed by atoms with van der Waals surface area (Å²) in [7, 11) is -1.56. The second-order valence-corrected chi connectivity index (χ2v) is 8.00. The molecule has 1 amide bonds. The lowest BCUT2D eigenvalue weighted by Gasteiger charge is -2.30. The van der Waals surface area contributed by atoms with Crippen molar-refractivity contribution in [2.75, 3.05) is 19.3 Å². The second kappa shape index (κ2) is 6.24. The number of rotatable bonds is 4. The van der Waals surface area contributed by atoms with Crippen LogP contribution in [-0.2, 0) is 14.8 Å². The number of sulfonamides is 1. The first-order valence-electron chi connectivity index (χ1n) is 7.46. The van der Waals surface area contributed by atoms with Crippen LogP contribution in [0.25, 0.3) is 0 Å². The highest BCUT2D eigenvalue weighted by atomic mass is 32.2. The Kier molecular flexibility index (Phi) is 4.75. The Hall–Kier alpha value is -1.63. The van der Waals surface area contributed by atoms with Gasteiger partial charge in [-0.15, -0.1) is 4.40 Å². The molecule has 22 heavy (non-hydrogen) atoms. The predicted molar refractivity (Wildman–Crippen MR) is 86.8 cm³/mol. The molecule has 0 fully saturated rings. The van der Waals surface area contributed by atoms with Gasteiger partial charge in [0.1, 0.15) is 5.84 Å². The van der Waals surface area contributed by atoms with Crippen molar-refractivity contribution in [1.82, 2.24) is 9.80 Å². The fourth-order valence-electron chi connectivity index (χ4n) is 2.57. The normalized spacial score (nSPS) is 21.0. The molecule has 2 rings (SSSR count). The number of fused-ring (bicyclic) bond motifs is 1. The molecule has 1 atom stereocenters. The molecule has 0 spiro atoms. The lowest BCUT2D eigenvalue weighted by Crippen LogP contribution is -2.40. The molecule has 2 aliphatic heterocycles. The van der Waals surface area contributed by atoms with Gasteiger partial charge in [-0.25, -0.2) is 8.42 Å². The van der Waals surface area contributed by atoms with Gasteiger partial charge in [-0.05, 0) is 31.4 Å². The number of amidine groups is 1. The van der Waals surface area contributed by atoms with E-state index in [4.69, 9.17) is 0 Å². The molecular formula is C15H23N3O3S. The predicted octanol–water partition coefficient (Wildman–Crippen LogP) is 1.38. The average Bonchev–Trinajstić information content (AvgIpc) is 2.43. The smallest absolute Gasteiger partial charge is 0.256 e. The summed E-state index contributed by atoms with van der Waals surface area (Å²) in [6, 6.07) is 0.151.